The van der Waals surface area contributed by atoms with Crippen LogP contribution in [0.5, 0.6) is 11.5 Å². The van der Waals surface area contributed by atoms with Crippen LogP contribution in [-0.4, -0.2) is 34.6 Å². The molecule has 1 aromatic carbocycles. The number of methoxy groups -OCH3 is 2. The number of nitrogens with zero attached hydrogens (tertiary/aromatic N) is 3. The smallest absolute Gasteiger partial charge is 0.160 e. The third-order valence-corrected chi connectivity index (χ3v) is 3.72. The number of H-pyrrole nitrogens is 1. The average molecular weight is 298 g/mol. The number of aryl methyl sites for hydroxylation is 2. The van der Waals surface area contributed by atoms with E-state index in [4.69, 9.17) is 9.47 Å². The minimum atomic E-state index is 0.633. The molecule has 0 fully saturated rings. The van der Waals surface area contributed by atoms with Crippen LogP contribution in [0.4, 0.5) is 0 Å². The number of rotatable bonds is 4. The van der Waals surface area contributed by atoms with Gasteiger partial charge in [-0.3, -0.25) is 5.10 Å². The van der Waals surface area contributed by atoms with E-state index in [1.807, 2.05) is 32.0 Å². The molecule has 0 aliphatic rings. The fourth-order valence-corrected chi connectivity index (χ4v) is 2.62. The summed E-state index contributed by atoms with van der Waals surface area (Å²) < 4.78 is 10.6. The Morgan fingerprint density at radius 3 is 2.55 bits per heavy atom. The van der Waals surface area contributed by atoms with Crippen molar-refractivity contribution < 1.29 is 9.47 Å². The number of aromatic amines is 1. The molecule has 0 bridgehead atoms. The van der Waals surface area contributed by atoms with Crippen LogP contribution < -0.4 is 9.47 Å². The molecule has 0 saturated carbocycles. The Labute approximate surface area is 128 Å². The molecule has 114 valence electrons. The highest BCUT2D eigenvalue weighted by Gasteiger charge is 2.14. The molecule has 3 aromatic rings. The predicted molar refractivity (Wildman–Crippen MR) is 83.5 cm³/mol. The number of nitrogens with one attached hydrogen (secondary N) is 1. The van der Waals surface area contributed by atoms with E-state index >= 15 is 0 Å². The number of fused-ring (bicyclic) bond motifs is 1. The summed E-state index contributed by atoms with van der Waals surface area (Å²) in [6.45, 7) is 3.93. The van der Waals surface area contributed by atoms with E-state index in [0.29, 0.717) is 17.9 Å². The maximum absolute atomic E-state index is 5.34. The average Bonchev–Trinajstić information content (AvgIpc) is 2.93. The van der Waals surface area contributed by atoms with Crippen molar-refractivity contribution in [2.45, 2.75) is 20.3 Å². The summed E-state index contributed by atoms with van der Waals surface area (Å²) in [5.74, 6) is 1.41. The number of aromatic nitrogens is 4. The zero-order valence-electron chi connectivity index (χ0n) is 13.1. The molecule has 6 heteroatoms. The fraction of sp³-hybridized carbons (Fsp3) is 0.312. The summed E-state index contributed by atoms with van der Waals surface area (Å²) in [5.41, 5.74) is 4.68. The Hall–Kier alpha value is -2.63. The normalized spacial score (nSPS) is 10.9. The monoisotopic (exact) mass is 298 g/mol. The summed E-state index contributed by atoms with van der Waals surface area (Å²) in [4.78, 5) is 0. The van der Waals surface area contributed by atoms with Crippen LogP contribution in [-0.2, 0) is 6.42 Å². The van der Waals surface area contributed by atoms with E-state index < -0.39 is 0 Å². The van der Waals surface area contributed by atoms with Crippen LogP contribution in [0.2, 0.25) is 0 Å². The topological polar surface area (TPSA) is 72.9 Å². The SMILES string of the molecule is COc1ccc(Cc2nnc(C)c3c(C)[nH]nc23)cc1OC. The van der Waals surface area contributed by atoms with Gasteiger partial charge in [-0.1, -0.05) is 6.07 Å². The van der Waals surface area contributed by atoms with Gasteiger partial charge in [0.15, 0.2) is 11.5 Å². The number of benzene rings is 1. The molecule has 6 nitrogen and oxygen atoms in total. The highest BCUT2D eigenvalue weighted by molar-refractivity contribution is 5.85. The van der Waals surface area contributed by atoms with Crippen LogP contribution in [0.3, 0.4) is 0 Å². The number of hydrogen-bond donors (Lipinski definition) is 1. The summed E-state index contributed by atoms with van der Waals surface area (Å²) in [6, 6.07) is 5.84. The van der Waals surface area contributed by atoms with Crippen molar-refractivity contribution in [2.75, 3.05) is 14.2 Å². The van der Waals surface area contributed by atoms with Crippen molar-refractivity contribution in [1.29, 1.82) is 0 Å². The van der Waals surface area contributed by atoms with Gasteiger partial charge in [0.1, 0.15) is 5.52 Å². The van der Waals surface area contributed by atoms with Crippen molar-refractivity contribution in [2.24, 2.45) is 0 Å². The zero-order chi connectivity index (χ0) is 15.7. The molecule has 0 saturated heterocycles. The van der Waals surface area contributed by atoms with Crippen molar-refractivity contribution in [1.82, 2.24) is 20.4 Å². The molecule has 0 spiro atoms. The summed E-state index contributed by atoms with van der Waals surface area (Å²) in [5, 5.41) is 17.0. The molecule has 1 N–H and O–H groups in total. The second-order valence-electron chi connectivity index (χ2n) is 5.17. The van der Waals surface area contributed by atoms with Gasteiger partial charge in [-0.05, 0) is 31.5 Å². The van der Waals surface area contributed by atoms with E-state index in [-0.39, 0.29) is 0 Å². The van der Waals surface area contributed by atoms with Crippen molar-refractivity contribution >= 4 is 10.9 Å². The Morgan fingerprint density at radius 2 is 1.82 bits per heavy atom. The van der Waals surface area contributed by atoms with Gasteiger partial charge in [0, 0.05) is 17.5 Å². The largest absolute Gasteiger partial charge is 0.493 e. The van der Waals surface area contributed by atoms with E-state index in [1.54, 1.807) is 14.2 Å². The highest BCUT2D eigenvalue weighted by Crippen LogP contribution is 2.29. The van der Waals surface area contributed by atoms with E-state index in [1.165, 1.54) is 0 Å². The first-order valence-electron chi connectivity index (χ1n) is 7.01. The molecule has 2 aromatic heterocycles. The lowest BCUT2D eigenvalue weighted by molar-refractivity contribution is 0.354. The van der Waals surface area contributed by atoms with Crippen LogP contribution in [0.15, 0.2) is 18.2 Å². The van der Waals surface area contributed by atoms with Crippen molar-refractivity contribution in [3.63, 3.8) is 0 Å². The van der Waals surface area contributed by atoms with Gasteiger partial charge in [-0.25, -0.2) is 0 Å². The van der Waals surface area contributed by atoms with Crippen LogP contribution in [0.1, 0.15) is 22.6 Å². The van der Waals surface area contributed by atoms with Gasteiger partial charge >= 0.3 is 0 Å². The second kappa shape index (κ2) is 5.63. The molecule has 0 radical (unpaired) electrons. The minimum Gasteiger partial charge on any atom is -0.493 e. The number of ether oxygens (including phenoxy) is 2. The van der Waals surface area contributed by atoms with Gasteiger partial charge in [0.2, 0.25) is 0 Å². The Morgan fingerprint density at radius 1 is 1.05 bits per heavy atom. The van der Waals surface area contributed by atoms with E-state index in [9.17, 15) is 0 Å². The van der Waals surface area contributed by atoms with Crippen LogP contribution in [0, 0.1) is 13.8 Å². The maximum atomic E-state index is 5.34. The maximum Gasteiger partial charge on any atom is 0.160 e. The fourth-order valence-electron chi connectivity index (χ4n) is 2.62. The lowest BCUT2D eigenvalue weighted by Crippen LogP contribution is -2.00. The first-order chi connectivity index (χ1) is 10.6. The standard InChI is InChI=1S/C16H18N4O2/c1-9-15-10(2)18-20-16(15)12(19-17-9)7-11-5-6-13(21-3)14(8-11)22-4/h5-6,8H,7H2,1-4H3,(H,18,20). The Balaban J connectivity index is 2.02. The second-order valence-corrected chi connectivity index (χ2v) is 5.17. The summed E-state index contributed by atoms with van der Waals surface area (Å²) >= 11 is 0. The van der Waals surface area contributed by atoms with E-state index in [2.05, 4.69) is 20.4 Å². The molecule has 0 aliphatic carbocycles. The van der Waals surface area contributed by atoms with Gasteiger partial charge in [-0.15, -0.1) is 0 Å². The lowest BCUT2D eigenvalue weighted by atomic mass is 10.1. The third kappa shape index (κ3) is 2.36. The van der Waals surface area contributed by atoms with Crippen LogP contribution >= 0.6 is 0 Å². The Kier molecular flexibility index (Phi) is 3.66. The molecule has 3 rings (SSSR count). The van der Waals surface area contributed by atoms with Gasteiger partial charge in [0.05, 0.1) is 25.6 Å². The van der Waals surface area contributed by atoms with Gasteiger partial charge in [-0.2, -0.15) is 15.3 Å². The Bertz CT molecular complexity index is 826. The lowest BCUT2D eigenvalue weighted by Gasteiger charge is -2.09. The zero-order valence-corrected chi connectivity index (χ0v) is 13.1. The highest BCUT2D eigenvalue weighted by atomic mass is 16.5. The number of hydrogen-bond acceptors (Lipinski definition) is 5. The van der Waals surface area contributed by atoms with Gasteiger partial charge < -0.3 is 9.47 Å². The van der Waals surface area contributed by atoms with E-state index in [0.717, 1.165) is 33.5 Å². The molecule has 0 unspecified atom stereocenters. The van der Waals surface area contributed by atoms with Crippen molar-refractivity contribution in [3.05, 3.63) is 40.8 Å². The van der Waals surface area contributed by atoms with Gasteiger partial charge in [0.25, 0.3) is 0 Å². The molecular formula is C16H18N4O2. The molecule has 0 atom stereocenters. The van der Waals surface area contributed by atoms with Crippen LogP contribution in [0.25, 0.3) is 10.9 Å². The first-order valence-corrected chi connectivity index (χ1v) is 7.01. The first kappa shape index (κ1) is 14.3. The predicted octanol–water partition coefficient (Wildman–Crippen LogP) is 2.58. The molecule has 2 heterocycles. The molecule has 0 amide bonds. The quantitative estimate of drug-likeness (QED) is 0.801. The molecular weight excluding hydrogens is 280 g/mol. The third-order valence-electron chi connectivity index (χ3n) is 3.72. The van der Waals surface area contributed by atoms with Crippen molar-refractivity contribution in [3.8, 4) is 11.5 Å². The molecule has 0 aliphatic heterocycles. The summed E-state index contributed by atoms with van der Waals surface area (Å²) in [7, 11) is 3.25. The summed E-state index contributed by atoms with van der Waals surface area (Å²) in [6.07, 6.45) is 0.633. The molecule has 22 heavy (non-hydrogen) atoms. The minimum absolute atomic E-state index is 0.633.